The Morgan fingerprint density at radius 2 is 1.09 bits per heavy atom. The third-order valence-corrected chi connectivity index (χ3v) is 0.577. The van der Waals surface area contributed by atoms with Gasteiger partial charge >= 0.3 is 21.1 Å². The fraction of sp³-hybridized carbons (Fsp3) is 0.667. The average molecular weight is 341 g/mol. The Kier molecular flexibility index (Phi) is 19.0. The maximum Gasteiger partial charge on any atom is 2.00 e. The summed E-state index contributed by atoms with van der Waals surface area (Å²) in [5.74, 6) is -1.99. The van der Waals surface area contributed by atoms with Crippen molar-refractivity contribution < 1.29 is 40.9 Å². The first-order valence-corrected chi connectivity index (χ1v) is 2.94. The molecule has 4 nitrogen and oxygen atoms in total. The topological polar surface area (TPSA) is 80.3 Å². The molecule has 0 saturated carbocycles. The number of carboxylic acid groups (broad SMARTS) is 2. The molecule has 0 aliphatic heterocycles. The van der Waals surface area contributed by atoms with Gasteiger partial charge in [0.15, 0.2) is 0 Å². The van der Waals surface area contributed by atoms with E-state index in [4.69, 9.17) is 0 Å². The van der Waals surface area contributed by atoms with Gasteiger partial charge in [-0.3, -0.25) is 0 Å². The monoisotopic (exact) mass is 341 g/mol. The zero-order valence-electron chi connectivity index (χ0n) is 6.36. The van der Waals surface area contributed by atoms with Gasteiger partial charge in [0.05, 0.1) is 0 Å². The molecule has 0 rings (SSSR count). The fourth-order valence-electron chi connectivity index (χ4n) is 0. The van der Waals surface area contributed by atoms with E-state index in [1.54, 1.807) is 0 Å². The van der Waals surface area contributed by atoms with Crippen LogP contribution in [0.15, 0.2) is 0 Å². The molecule has 0 aromatic carbocycles. The van der Waals surface area contributed by atoms with Gasteiger partial charge in [-0.15, -0.1) is 0 Å². The molecule has 11 heavy (non-hydrogen) atoms. The molecule has 0 bridgehead atoms. The number of hydrogen-bond donors (Lipinski definition) is 0. The molecule has 0 aromatic heterocycles. The van der Waals surface area contributed by atoms with Crippen molar-refractivity contribution in [2.75, 3.05) is 0 Å². The number of carbonyl (C=O) groups is 2. The molecule has 0 fully saturated rings. The molecule has 0 saturated heterocycles. The van der Waals surface area contributed by atoms with Crippen molar-refractivity contribution in [3.63, 3.8) is 0 Å². The maximum atomic E-state index is 9.26. The number of aliphatic carboxylic acids is 2. The smallest absolute Gasteiger partial charge is 0.550 e. The normalized spacial score (nSPS) is 6.73. The number of rotatable bonds is 2. The summed E-state index contributed by atoms with van der Waals surface area (Å²) >= 11 is 0. The van der Waals surface area contributed by atoms with Gasteiger partial charge in [-0.25, -0.2) is 0 Å². The Balaban J connectivity index is -0.000000107. The molecule has 0 atom stereocenters. The molecule has 0 aliphatic carbocycles. The first-order valence-electron chi connectivity index (χ1n) is 2.94. The van der Waals surface area contributed by atoms with Crippen LogP contribution >= 0.6 is 0 Å². The second kappa shape index (κ2) is 12.3. The Bertz CT molecular complexity index is 99.1. The van der Waals surface area contributed by atoms with Crippen LogP contribution in [0.25, 0.3) is 0 Å². The van der Waals surface area contributed by atoms with Crippen LogP contribution < -0.4 is 10.2 Å². The maximum absolute atomic E-state index is 9.26. The molecule has 0 aromatic rings. The van der Waals surface area contributed by atoms with Crippen LogP contribution in [0.5, 0.6) is 0 Å². The summed E-state index contributed by atoms with van der Waals surface area (Å²) in [6.45, 7) is 3.07. The molecule has 0 radical (unpaired) electrons. The minimum absolute atomic E-state index is 0. The van der Waals surface area contributed by atoms with Gasteiger partial charge in [0.25, 0.3) is 0 Å². The van der Waals surface area contributed by atoms with Gasteiger partial charge in [-0.1, -0.05) is 13.8 Å². The molecule has 0 N–H and O–H groups in total. The van der Waals surface area contributed by atoms with Crippen LogP contribution in [-0.2, 0) is 30.7 Å². The second-order valence-corrected chi connectivity index (χ2v) is 1.45. The van der Waals surface area contributed by atoms with Gasteiger partial charge in [0, 0.05) is 11.9 Å². The third-order valence-electron chi connectivity index (χ3n) is 0.577. The molecule has 0 heterocycles. The van der Waals surface area contributed by atoms with E-state index in [1.165, 1.54) is 13.8 Å². The van der Waals surface area contributed by atoms with Crippen molar-refractivity contribution in [1.29, 1.82) is 0 Å². The largest absolute Gasteiger partial charge is 2.00 e. The van der Waals surface area contributed by atoms with Crippen LogP contribution in [0, 0.1) is 0 Å². The summed E-state index contributed by atoms with van der Waals surface area (Å²) < 4.78 is 0. The van der Waals surface area contributed by atoms with E-state index in [0.29, 0.717) is 0 Å². The predicted molar refractivity (Wildman–Crippen MR) is 30.6 cm³/mol. The first-order chi connectivity index (χ1) is 4.54. The molecule has 0 spiro atoms. The molecule has 0 unspecified atom stereocenters. The molecule has 68 valence electrons. The van der Waals surface area contributed by atoms with E-state index in [-0.39, 0.29) is 33.9 Å². The van der Waals surface area contributed by atoms with Crippen molar-refractivity contribution in [2.45, 2.75) is 26.7 Å². The van der Waals surface area contributed by atoms with Gasteiger partial charge in [0.2, 0.25) is 0 Å². The summed E-state index contributed by atoms with van der Waals surface area (Å²) in [7, 11) is 0. The van der Waals surface area contributed by atoms with Gasteiger partial charge in [0.1, 0.15) is 0 Å². The fourth-order valence-corrected chi connectivity index (χ4v) is 0. The summed E-state index contributed by atoms with van der Waals surface area (Å²) in [6.07, 6.45) is 0.222. The average Bonchev–Trinajstić information content (AvgIpc) is 1.89. The van der Waals surface area contributed by atoms with E-state index in [1.807, 2.05) is 0 Å². The van der Waals surface area contributed by atoms with E-state index in [2.05, 4.69) is 0 Å². The van der Waals surface area contributed by atoms with E-state index in [9.17, 15) is 19.8 Å². The van der Waals surface area contributed by atoms with Crippen molar-refractivity contribution in [3.8, 4) is 0 Å². The molecule has 0 amide bonds. The summed E-state index contributed by atoms with van der Waals surface area (Å²) in [5.41, 5.74) is 0. The SMILES string of the molecule is CCC(=O)[O-].CCC(=O)[O-].[Pt+2]. The summed E-state index contributed by atoms with van der Waals surface area (Å²) in [6, 6.07) is 0. The zero-order chi connectivity index (χ0) is 8.57. The van der Waals surface area contributed by atoms with Crippen LogP contribution in [-0.4, -0.2) is 11.9 Å². The first kappa shape index (κ1) is 16.9. The number of hydrogen-bond acceptors (Lipinski definition) is 4. The predicted octanol–water partition coefficient (Wildman–Crippen LogP) is -1.71. The standard InChI is InChI=1S/2C3H6O2.Pt/c2*1-2-3(4)5;/h2*2H2,1H3,(H,4,5);/q;;+2/p-2. The van der Waals surface area contributed by atoms with E-state index < -0.39 is 11.9 Å². The molecule has 0 aliphatic rings. The van der Waals surface area contributed by atoms with Crippen molar-refractivity contribution in [3.05, 3.63) is 0 Å². The van der Waals surface area contributed by atoms with Crippen molar-refractivity contribution in [2.24, 2.45) is 0 Å². The third kappa shape index (κ3) is 42.6. The zero-order valence-corrected chi connectivity index (χ0v) is 8.64. The number of carbonyl (C=O) groups excluding carboxylic acids is 2. The van der Waals surface area contributed by atoms with E-state index >= 15 is 0 Å². The van der Waals surface area contributed by atoms with Gasteiger partial charge in [-0.05, 0) is 12.8 Å². The number of carboxylic acids is 2. The minimum Gasteiger partial charge on any atom is -0.550 e. The quantitative estimate of drug-likeness (QED) is 0.599. The Morgan fingerprint density at radius 3 is 1.09 bits per heavy atom. The Hall–Kier alpha value is -0.372. The van der Waals surface area contributed by atoms with Gasteiger partial charge in [-0.2, -0.15) is 0 Å². The Morgan fingerprint density at radius 1 is 1.00 bits per heavy atom. The Labute approximate surface area is 79.9 Å². The summed E-state index contributed by atoms with van der Waals surface area (Å²) in [5, 5.41) is 18.5. The van der Waals surface area contributed by atoms with Crippen molar-refractivity contribution >= 4 is 11.9 Å². The van der Waals surface area contributed by atoms with Crippen LogP contribution in [0.4, 0.5) is 0 Å². The van der Waals surface area contributed by atoms with Crippen LogP contribution in [0.1, 0.15) is 26.7 Å². The molecular weight excluding hydrogens is 331 g/mol. The van der Waals surface area contributed by atoms with Crippen LogP contribution in [0.2, 0.25) is 0 Å². The minimum atomic E-state index is -0.995. The second-order valence-electron chi connectivity index (χ2n) is 1.45. The van der Waals surface area contributed by atoms with Gasteiger partial charge < -0.3 is 19.8 Å². The van der Waals surface area contributed by atoms with E-state index in [0.717, 1.165) is 0 Å². The molecular formula is C6H10O4Pt. The molecule has 5 heteroatoms. The van der Waals surface area contributed by atoms with Crippen LogP contribution in [0.3, 0.4) is 0 Å². The van der Waals surface area contributed by atoms with Crippen molar-refractivity contribution in [1.82, 2.24) is 0 Å². The summed E-state index contributed by atoms with van der Waals surface area (Å²) in [4.78, 5) is 18.5.